The van der Waals surface area contributed by atoms with Crippen molar-refractivity contribution in [2.75, 3.05) is 14.2 Å². The smallest absolute Gasteiger partial charge is 0.356 e. The predicted molar refractivity (Wildman–Crippen MR) is 63.4 cm³/mol. The van der Waals surface area contributed by atoms with Gasteiger partial charge in [-0.3, -0.25) is 4.99 Å². The number of aliphatic imine (C=N–C) groups is 1. The van der Waals surface area contributed by atoms with E-state index >= 15 is 0 Å². The lowest BCUT2D eigenvalue weighted by Crippen LogP contribution is -2.18. The first-order valence-corrected chi connectivity index (χ1v) is 5.21. The molecule has 0 radical (unpaired) electrons. The molecule has 0 fully saturated rings. The molecule has 0 saturated heterocycles. The number of methoxy groups -OCH3 is 1. The van der Waals surface area contributed by atoms with Crippen LogP contribution in [0.15, 0.2) is 27.7 Å². The van der Waals surface area contributed by atoms with Crippen molar-refractivity contribution in [1.82, 2.24) is 0 Å². The molecule has 80 valence electrons. The fourth-order valence-electron chi connectivity index (χ4n) is 1.27. The average molecular weight is 270 g/mol. The van der Waals surface area contributed by atoms with Crippen molar-refractivity contribution >= 4 is 27.6 Å². The van der Waals surface area contributed by atoms with Crippen LogP contribution in [0.2, 0.25) is 0 Å². The van der Waals surface area contributed by atoms with Crippen molar-refractivity contribution in [2.45, 2.75) is 6.92 Å². The van der Waals surface area contributed by atoms with E-state index in [1.165, 1.54) is 7.11 Å². The predicted octanol–water partition coefficient (Wildman–Crippen LogP) is 2.35. The molecule has 0 atom stereocenters. The van der Waals surface area contributed by atoms with Gasteiger partial charge in [0.1, 0.15) is 5.71 Å². The minimum atomic E-state index is -0.418. The molecule has 0 N–H and O–H groups in total. The van der Waals surface area contributed by atoms with Crippen molar-refractivity contribution in [3.05, 3.63) is 33.8 Å². The maximum absolute atomic E-state index is 11.4. The highest BCUT2D eigenvalue weighted by molar-refractivity contribution is 9.10. The average Bonchev–Trinajstić information content (AvgIpc) is 2.23. The van der Waals surface area contributed by atoms with Gasteiger partial charge in [0.15, 0.2) is 0 Å². The minimum absolute atomic E-state index is 0.344. The summed E-state index contributed by atoms with van der Waals surface area (Å²) in [5, 5.41) is 0. The molecular weight excluding hydrogens is 258 g/mol. The van der Waals surface area contributed by atoms with E-state index in [0.717, 1.165) is 15.6 Å². The van der Waals surface area contributed by atoms with Gasteiger partial charge in [-0.2, -0.15) is 0 Å². The van der Waals surface area contributed by atoms with Crippen molar-refractivity contribution < 1.29 is 9.53 Å². The van der Waals surface area contributed by atoms with Crippen LogP contribution in [0.3, 0.4) is 0 Å². The van der Waals surface area contributed by atoms with Crippen molar-refractivity contribution in [1.29, 1.82) is 0 Å². The molecule has 1 aromatic carbocycles. The molecule has 0 aromatic heterocycles. The standard InChI is InChI=1S/C11H12BrNO2/c1-7-4-5-8(12)6-9(7)10(13-2)11(14)15-3/h4-6H,1-3H3. The fourth-order valence-corrected chi connectivity index (χ4v) is 1.63. The second-order valence-corrected chi connectivity index (χ2v) is 3.94. The second kappa shape index (κ2) is 5.07. The first-order chi connectivity index (χ1) is 7.10. The maximum atomic E-state index is 11.4. The molecule has 0 aliphatic heterocycles. The number of ether oxygens (including phenoxy) is 1. The number of aryl methyl sites for hydroxylation is 1. The van der Waals surface area contributed by atoms with Crippen molar-refractivity contribution in [3.63, 3.8) is 0 Å². The highest BCUT2D eigenvalue weighted by Gasteiger charge is 2.15. The van der Waals surface area contributed by atoms with E-state index in [2.05, 4.69) is 25.7 Å². The number of hydrogen-bond acceptors (Lipinski definition) is 3. The lowest BCUT2D eigenvalue weighted by atomic mass is 10.0. The molecular formula is C11H12BrNO2. The van der Waals surface area contributed by atoms with Gasteiger partial charge < -0.3 is 4.74 Å². The molecule has 0 heterocycles. The quantitative estimate of drug-likeness (QED) is 0.611. The third-order valence-electron chi connectivity index (χ3n) is 2.06. The Morgan fingerprint density at radius 2 is 2.13 bits per heavy atom. The van der Waals surface area contributed by atoms with Crippen molar-refractivity contribution in [2.24, 2.45) is 4.99 Å². The van der Waals surface area contributed by atoms with Crippen LogP contribution in [0, 0.1) is 6.92 Å². The molecule has 0 aliphatic carbocycles. The van der Waals surface area contributed by atoms with Crippen LogP contribution < -0.4 is 0 Å². The summed E-state index contributed by atoms with van der Waals surface area (Å²) in [6.45, 7) is 1.93. The van der Waals surface area contributed by atoms with Crippen LogP contribution in [0.25, 0.3) is 0 Å². The lowest BCUT2D eigenvalue weighted by Gasteiger charge is -2.07. The molecule has 0 unspecified atom stereocenters. The van der Waals surface area contributed by atoms with Crippen LogP contribution >= 0.6 is 15.9 Å². The summed E-state index contributed by atoms with van der Waals surface area (Å²) in [6, 6.07) is 5.70. The van der Waals surface area contributed by atoms with Gasteiger partial charge in [-0.25, -0.2) is 4.79 Å². The van der Waals surface area contributed by atoms with E-state index < -0.39 is 5.97 Å². The summed E-state index contributed by atoms with van der Waals surface area (Å²) in [5.41, 5.74) is 2.12. The SMILES string of the molecule is CN=C(C(=O)OC)c1cc(Br)ccc1C. The summed E-state index contributed by atoms with van der Waals surface area (Å²) >= 11 is 3.36. The molecule has 15 heavy (non-hydrogen) atoms. The van der Waals surface area contributed by atoms with Gasteiger partial charge in [-0.15, -0.1) is 0 Å². The van der Waals surface area contributed by atoms with Crippen LogP contribution in [0.5, 0.6) is 0 Å². The Morgan fingerprint density at radius 1 is 1.47 bits per heavy atom. The van der Waals surface area contributed by atoms with Gasteiger partial charge in [0.25, 0.3) is 0 Å². The summed E-state index contributed by atoms with van der Waals surface area (Å²) in [6.07, 6.45) is 0. The minimum Gasteiger partial charge on any atom is -0.464 e. The number of carbonyl (C=O) groups is 1. The highest BCUT2D eigenvalue weighted by Crippen LogP contribution is 2.17. The highest BCUT2D eigenvalue weighted by atomic mass is 79.9. The van der Waals surface area contributed by atoms with E-state index in [9.17, 15) is 4.79 Å². The third-order valence-corrected chi connectivity index (χ3v) is 2.55. The van der Waals surface area contributed by atoms with Gasteiger partial charge in [0.2, 0.25) is 0 Å². The molecule has 1 rings (SSSR count). The van der Waals surface area contributed by atoms with E-state index in [4.69, 9.17) is 0 Å². The molecule has 0 spiro atoms. The van der Waals surface area contributed by atoms with Gasteiger partial charge in [-0.1, -0.05) is 22.0 Å². The molecule has 3 nitrogen and oxygen atoms in total. The topological polar surface area (TPSA) is 38.7 Å². The van der Waals surface area contributed by atoms with E-state index in [0.29, 0.717) is 5.71 Å². The Labute approximate surface area is 97.3 Å². The normalized spacial score (nSPS) is 11.3. The first kappa shape index (κ1) is 11.9. The number of carbonyl (C=O) groups excluding carboxylic acids is 1. The molecule has 0 aliphatic rings. The zero-order valence-corrected chi connectivity index (χ0v) is 10.5. The number of nitrogens with zero attached hydrogens (tertiary/aromatic N) is 1. The van der Waals surface area contributed by atoms with Crippen LogP contribution in [0.1, 0.15) is 11.1 Å². The molecule has 0 saturated carbocycles. The largest absolute Gasteiger partial charge is 0.464 e. The van der Waals surface area contributed by atoms with Gasteiger partial charge >= 0.3 is 5.97 Å². The van der Waals surface area contributed by atoms with Gasteiger partial charge in [-0.05, 0) is 24.6 Å². The van der Waals surface area contributed by atoms with Gasteiger partial charge in [0.05, 0.1) is 7.11 Å². The molecule has 1 aromatic rings. The van der Waals surface area contributed by atoms with Crippen molar-refractivity contribution in [3.8, 4) is 0 Å². The second-order valence-electron chi connectivity index (χ2n) is 3.02. The summed E-state index contributed by atoms with van der Waals surface area (Å²) in [4.78, 5) is 15.4. The van der Waals surface area contributed by atoms with Crippen LogP contribution in [-0.2, 0) is 9.53 Å². The maximum Gasteiger partial charge on any atom is 0.356 e. The number of rotatable bonds is 2. The van der Waals surface area contributed by atoms with E-state index in [1.54, 1.807) is 7.05 Å². The molecule has 4 heteroatoms. The molecule has 0 amide bonds. The first-order valence-electron chi connectivity index (χ1n) is 4.41. The monoisotopic (exact) mass is 269 g/mol. The van der Waals surface area contributed by atoms with Crippen LogP contribution in [-0.4, -0.2) is 25.8 Å². The summed E-state index contributed by atoms with van der Waals surface area (Å²) in [5.74, 6) is -0.418. The third kappa shape index (κ3) is 2.65. The zero-order valence-electron chi connectivity index (χ0n) is 8.87. The van der Waals surface area contributed by atoms with Crippen LogP contribution in [0.4, 0.5) is 0 Å². The Bertz CT molecular complexity index is 413. The van der Waals surface area contributed by atoms with Gasteiger partial charge in [0, 0.05) is 17.1 Å². The Balaban J connectivity index is 3.24. The number of halogens is 1. The summed E-state index contributed by atoms with van der Waals surface area (Å²) < 4.78 is 5.58. The Hall–Kier alpha value is -1.16. The Kier molecular flexibility index (Phi) is 4.03. The van der Waals surface area contributed by atoms with E-state index in [-0.39, 0.29) is 0 Å². The van der Waals surface area contributed by atoms with E-state index in [1.807, 2.05) is 25.1 Å². The summed E-state index contributed by atoms with van der Waals surface area (Å²) in [7, 11) is 2.92. The number of benzene rings is 1. The zero-order chi connectivity index (χ0) is 11.4. The number of esters is 1. The Morgan fingerprint density at radius 3 is 2.67 bits per heavy atom. The fraction of sp³-hybridized carbons (Fsp3) is 0.273. The lowest BCUT2D eigenvalue weighted by molar-refractivity contribution is -0.132. The molecule has 0 bridgehead atoms. The number of hydrogen-bond donors (Lipinski definition) is 0.